The first-order chi connectivity index (χ1) is 14.6. The number of benzene rings is 3. The molecule has 7 heteroatoms. The summed E-state index contributed by atoms with van der Waals surface area (Å²) in [6, 6.07) is 22.0. The zero-order chi connectivity index (χ0) is 20.9. The van der Waals surface area contributed by atoms with Gasteiger partial charge in [-0.2, -0.15) is 0 Å². The number of carbonyl (C=O) groups is 1. The molecule has 0 aliphatic carbocycles. The third kappa shape index (κ3) is 4.34. The minimum atomic E-state index is -0.286. The van der Waals surface area contributed by atoms with E-state index in [2.05, 4.69) is 20.6 Å². The Labute approximate surface area is 177 Å². The maximum absolute atomic E-state index is 12.6. The molecule has 30 heavy (non-hydrogen) atoms. The lowest BCUT2D eigenvalue weighted by Crippen LogP contribution is -2.29. The van der Waals surface area contributed by atoms with Crippen molar-refractivity contribution in [2.45, 2.75) is 6.54 Å². The Morgan fingerprint density at radius 3 is 2.57 bits per heavy atom. The molecule has 0 aliphatic heterocycles. The predicted molar refractivity (Wildman–Crippen MR) is 120 cm³/mol. The van der Waals surface area contributed by atoms with Crippen LogP contribution in [0.15, 0.2) is 77.6 Å². The number of aromatic amines is 1. The van der Waals surface area contributed by atoms with Gasteiger partial charge in [-0.1, -0.05) is 60.1 Å². The van der Waals surface area contributed by atoms with E-state index in [1.165, 1.54) is 0 Å². The Morgan fingerprint density at radius 1 is 0.967 bits per heavy atom. The quantitative estimate of drug-likeness (QED) is 0.442. The van der Waals surface area contributed by atoms with Crippen LogP contribution >= 0.6 is 11.6 Å². The third-order valence-corrected chi connectivity index (χ3v) is 5.02. The van der Waals surface area contributed by atoms with Crippen LogP contribution in [-0.2, 0) is 11.3 Å². The van der Waals surface area contributed by atoms with Crippen molar-refractivity contribution in [2.24, 2.45) is 0 Å². The highest BCUT2D eigenvalue weighted by atomic mass is 35.5. The smallest absolute Gasteiger partial charge is 0.275 e. The van der Waals surface area contributed by atoms with E-state index in [1.807, 2.05) is 54.6 Å². The molecule has 0 fully saturated rings. The summed E-state index contributed by atoms with van der Waals surface area (Å²) in [5.74, 6) is -0.190. The SMILES string of the molecule is O=C(CNc1ccccc1-c1nc2ccccc2[nH]c1=O)NCc1ccccc1Cl. The molecular weight excluding hydrogens is 400 g/mol. The molecule has 0 bridgehead atoms. The van der Waals surface area contributed by atoms with Crippen molar-refractivity contribution in [3.8, 4) is 11.3 Å². The average molecular weight is 419 g/mol. The average Bonchev–Trinajstić information content (AvgIpc) is 2.77. The second kappa shape index (κ2) is 8.80. The largest absolute Gasteiger partial charge is 0.376 e. The first kappa shape index (κ1) is 19.7. The lowest BCUT2D eigenvalue weighted by atomic mass is 10.1. The molecule has 0 unspecified atom stereocenters. The monoisotopic (exact) mass is 418 g/mol. The second-order valence-electron chi connectivity index (χ2n) is 6.70. The fourth-order valence-electron chi connectivity index (χ4n) is 3.13. The third-order valence-electron chi connectivity index (χ3n) is 4.66. The molecule has 4 aromatic rings. The Hall–Kier alpha value is -3.64. The molecule has 0 saturated heterocycles. The van der Waals surface area contributed by atoms with Gasteiger partial charge in [-0.25, -0.2) is 4.98 Å². The molecule has 0 spiro atoms. The standard InChI is InChI=1S/C23H19ClN4O2/c24-17-9-3-1-7-15(17)13-26-21(29)14-25-18-10-4-2-8-16(18)22-23(30)28-20-12-6-5-11-19(20)27-22/h1-12,25H,13-14H2,(H,26,29)(H,28,30). The van der Waals surface area contributed by atoms with Crippen LogP contribution in [0.25, 0.3) is 22.3 Å². The summed E-state index contributed by atoms with van der Waals surface area (Å²) in [5.41, 5.74) is 3.51. The topological polar surface area (TPSA) is 86.9 Å². The summed E-state index contributed by atoms with van der Waals surface area (Å²) < 4.78 is 0. The number of hydrogen-bond donors (Lipinski definition) is 3. The molecule has 4 rings (SSSR count). The van der Waals surface area contributed by atoms with E-state index in [4.69, 9.17) is 11.6 Å². The maximum Gasteiger partial charge on any atom is 0.275 e. The van der Waals surface area contributed by atoms with Crippen LogP contribution in [0.3, 0.4) is 0 Å². The van der Waals surface area contributed by atoms with Gasteiger partial charge in [0.15, 0.2) is 0 Å². The van der Waals surface area contributed by atoms with E-state index in [-0.39, 0.29) is 18.0 Å². The Kier molecular flexibility index (Phi) is 5.77. The summed E-state index contributed by atoms with van der Waals surface area (Å²) in [5, 5.41) is 6.54. The number of nitrogens with one attached hydrogen (secondary N) is 3. The highest BCUT2D eigenvalue weighted by Crippen LogP contribution is 2.24. The highest BCUT2D eigenvalue weighted by Gasteiger charge is 2.12. The van der Waals surface area contributed by atoms with E-state index in [9.17, 15) is 9.59 Å². The molecule has 1 amide bonds. The summed E-state index contributed by atoms with van der Waals surface area (Å²) in [4.78, 5) is 32.2. The van der Waals surface area contributed by atoms with Gasteiger partial charge in [0.1, 0.15) is 5.69 Å². The Bertz CT molecular complexity index is 1270. The molecule has 0 aliphatic rings. The first-order valence-electron chi connectivity index (χ1n) is 9.44. The molecule has 0 saturated carbocycles. The molecule has 1 heterocycles. The zero-order valence-electron chi connectivity index (χ0n) is 16.0. The molecule has 3 aromatic carbocycles. The van der Waals surface area contributed by atoms with Crippen LogP contribution in [0.4, 0.5) is 5.69 Å². The minimum Gasteiger partial charge on any atom is -0.376 e. The second-order valence-corrected chi connectivity index (χ2v) is 7.11. The van der Waals surface area contributed by atoms with Gasteiger partial charge < -0.3 is 15.6 Å². The number of halogens is 1. The van der Waals surface area contributed by atoms with Crippen molar-refractivity contribution in [1.82, 2.24) is 15.3 Å². The minimum absolute atomic E-state index is 0.0486. The van der Waals surface area contributed by atoms with Crippen molar-refractivity contribution < 1.29 is 4.79 Å². The number of H-pyrrole nitrogens is 1. The van der Waals surface area contributed by atoms with Gasteiger partial charge in [-0.15, -0.1) is 0 Å². The van der Waals surface area contributed by atoms with Crippen molar-refractivity contribution in [3.63, 3.8) is 0 Å². The number of fused-ring (bicyclic) bond motifs is 1. The van der Waals surface area contributed by atoms with Gasteiger partial charge in [-0.05, 0) is 29.8 Å². The summed E-state index contributed by atoms with van der Waals surface area (Å²) >= 11 is 6.12. The molecule has 6 nitrogen and oxygen atoms in total. The summed E-state index contributed by atoms with van der Waals surface area (Å²) in [6.45, 7) is 0.390. The summed E-state index contributed by atoms with van der Waals surface area (Å²) in [7, 11) is 0. The van der Waals surface area contributed by atoms with Crippen molar-refractivity contribution >= 4 is 34.2 Å². The molecule has 0 radical (unpaired) electrons. The van der Waals surface area contributed by atoms with Crippen molar-refractivity contribution in [3.05, 3.63) is 93.7 Å². The number of aromatic nitrogens is 2. The fraction of sp³-hybridized carbons (Fsp3) is 0.0870. The van der Waals surface area contributed by atoms with Gasteiger partial charge in [0.05, 0.1) is 17.6 Å². The number of rotatable bonds is 6. The number of nitrogens with zero attached hydrogens (tertiary/aromatic N) is 1. The lowest BCUT2D eigenvalue weighted by Gasteiger charge is -2.12. The molecule has 150 valence electrons. The first-order valence-corrected chi connectivity index (χ1v) is 9.82. The highest BCUT2D eigenvalue weighted by molar-refractivity contribution is 6.31. The number of anilines is 1. The molecular formula is C23H19ClN4O2. The number of amides is 1. The molecule has 3 N–H and O–H groups in total. The van der Waals surface area contributed by atoms with Gasteiger partial charge in [0.25, 0.3) is 5.56 Å². The normalized spacial score (nSPS) is 10.7. The Morgan fingerprint density at radius 2 is 1.70 bits per heavy atom. The van der Waals surface area contributed by atoms with Gasteiger partial charge in [-0.3, -0.25) is 9.59 Å². The van der Waals surface area contributed by atoms with Crippen molar-refractivity contribution in [1.29, 1.82) is 0 Å². The molecule has 0 atom stereocenters. The van der Waals surface area contributed by atoms with Gasteiger partial charge in [0, 0.05) is 22.8 Å². The van der Waals surface area contributed by atoms with Crippen LogP contribution in [-0.4, -0.2) is 22.4 Å². The van der Waals surface area contributed by atoms with Crippen LogP contribution in [0.1, 0.15) is 5.56 Å². The van der Waals surface area contributed by atoms with Crippen LogP contribution in [0, 0.1) is 0 Å². The van der Waals surface area contributed by atoms with E-state index in [0.717, 1.165) is 5.56 Å². The van der Waals surface area contributed by atoms with E-state index >= 15 is 0 Å². The summed E-state index contributed by atoms with van der Waals surface area (Å²) in [6.07, 6.45) is 0. The van der Waals surface area contributed by atoms with E-state index in [0.29, 0.717) is 39.5 Å². The van der Waals surface area contributed by atoms with E-state index < -0.39 is 0 Å². The Balaban J connectivity index is 1.50. The van der Waals surface area contributed by atoms with Gasteiger partial charge >= 0.3 is 0 Å². The van der Waals surface area contributed by atoms with Crippen LogP contribution < -0.4 is 16.2 Å². The van der Waals surface area contributed by atoms with Crippen molar-refractivity contribution in [2.75, 3.05) is 11.9 Å². The van der Waals surface area contributed by atoms with E-state index in [1.54, 1.807) is 18.2 Å². The van der Waals surface area contributed by atoms with Crippen LogP contribution in [0.5, 0.6) is 0 Å². The number of para-hydroxylation sites is 3. The maximum atomic E-state index is 12.6. The zero-order valence-corrected chi connectivity index (χ0v) is 16.7. The van der Waals surface area contributed by atoms with Crippen LogP contribution in [0.2, 0.25) is 5.02 Å². The predicted octanol–water partition coefficient (Wildman–Crippen LogP) is 3.97. The number of hydrogen-bond acceptors (Lipinski definition) is 4. The lowest BCUT2D eigenvalue weighted by molar-refractivity contribution is -0.119. The number of carbonyl (C=O) groups excluding carboxylic acids is 1. The fourth-order valence-corrected chi connectivity index (χ4v) is 3.33. The molecule has 1 aromatic heterocycles. The van der Waals surface area contributed by atoms with Gasteiger partial charge in [0.2, 0.25) is 5.91 Å².